The highest BCUT2D eigenvalue weighted by Crippen LogP contribution is 2.40. The molecule has 2 aromatic heterocycles. The van der Waals surface area contributed by atoms with Gasteiger partial charge in [-0.2, -0.15) is 0 Å². The maximum Gasteiger partial charge on any atom is 0.271 e. The number of carbonyl (C=O) groups is 1. The van der Waals surface area contributed by atoms with E-state index < -0.39 is 6.04 Å². The van der Waals surface area contributed by atoms with E-state index in [9.17, 15) is 9.59 Å². The number of hydrogen-bond acceptors (Lipinski definition) is 7. The Kier molecular flexibility index (Phi) is 8.10. The summed E-state index contributed by atoms with van der Waals surface area (Å²) < 4.78 is 14.1. The molecule has 0 spiro atoms. The van der Waals surface area contributed by atoms with Crippen LogP contribution >= 0.6 is 23.1 Å². The van der Waals surface area contributed by atoms with Crippen LogP contribution in [0.3, 0.4) is 0 Å². The van der Waals surface area contributed by atoms with Crippen LogP contribution in [0.15, 0.2) is 114 Å². The third-order valence-electron chi connectivity index (χ3n) is 7.56. The topological polar surface area (TPSA) is 77.0 Å². The highest BCUT2D eigenvalue weighted by atomic mass is 32.2. The fourth-order valence-corrected chi connectivity index (χ4v) is 7.31. The van der Waals surface area contributed by atoms with Crippen molar-refractivity contribution in [1.29, 1.82) is 0 Å². The molecule has 0 fully saturated rings. The zero-order chi connectivity index (χ0) is 30.1. The summed E-state index contributed by atoms with van der Waals surface area (Å²) in [6.07, 6.45) is 1.75. The number of thiazole rings is 1. The van der Waals surface area contributed by atoms with Crippen LogP contribution < -0.4 is 19.6 Å². The lowest BCUT2D eigenvalue weighted by atomic mass is 9.90. The molecule has 0 aliphatic carbocycles. The summed E-state index contributed by atoms with van der Waals surface area (Å²) in [7, 11) is 1.61. The van der Waals surface area contributed by atoms with Crippen molar-refractivity contribution in [2.45, 2.75) is 36.8 Å². The standard InChI is InChI=1S/C34H31N3O4S2/c1-5-36(6-2)33(39)29-21(3)35-34-37(31(29)30-25-15-11-10-12-22(25)16-18-26(30)40-4)32(38)27(43-34)20-23-17-19-28(41-23)42-24-13-8-7-9-14-24/h7-20,31H,5-6H2,1-4H3/b27-20+/t31-/m0/s1. The van der Waals surface area contributed by atoms with E-state index in [2.05, 4.69) is 0 Å². The Bertz CT molecular complexity index is 2040. The molecule has 1 aliphatic heterocycles. The Balaban J connectivity index is 1.55. The summed E-state index contributed by atoms with van der Waals surface area (Å²) >= 11 is 2.80. The monoisotopic (exact) mass is 609 g/mol. The predicted molar refractivity (Wildman–Crippen MR) is 171 cm³/mol. The van der Waals surface area contributed by atoms with Crippen molar-refractivity contribution in [3.05, 3.63) is 121 Å². The molecule has 218 valence electrons. The Hall–Kier alpha value is -4.34. The average Bonchev–Trinajstić information content (AvgIpc) is 3.59. The molecule has 0 bridgehead atoms. The lowest BCUT2D eigenvalue weighted by molar-refractivity contribution is -0.127. The fourth-order valence-electron chi connectivity index (χ4n) is 5.49. The molecule has 0 saturated carbocycles. The van der Waals surface area contributed by atoms with Crippen molar-refractivity contribution in [3.8, 4) is 5.75 Å². The number of likely N-dealkylation sites (N-methyl/N-ethyl adjacent to an activating group) is 1. The molecule has 0 saturated heterocycles. The van der Waals surface area contributed by atoms with Gasteiger partial charge in [-0.1, -0.05) is 71.6 Å². The number of allylic oxidation sites excluding steroid dienone is 1. The molecule has 1 atom stereocenters. The number of benzene rings is 3. The number of hydrogen-bond donors (Lipinski definition) is 0. The van der Waals surface area contributed by atoms with E-state index in [1.165, 1.54) is 23.1 Å². The fraction of sp³-hybridized carbons (Fsp3) is 0.206. The first-order chi connectivity index (χ1) is 20.9. The van der Waals surface area contributed by atoms with Crippen LogP contribution in [-0.2, 0) is 4.79 Å². The molecule has 1 aliphatic rings. The molecule has 3 aromatic carbocycles. The summed E-state index contributed by atoms with van der Waals surface area (Å²) in [6.45, 7) is 6.83. The van der Waals surface area contributed by atoms with Crippen molar-refractivity contribution >= 4 is 45.9 Å². The van der Waals surface area contributed by atoms with Crippen LogP contribution in [-0.4, -0.2) is 35.6 Å². The molecule has 9 heteroatoms. The minimum atomic E-state index is -0.728. The molecule has 1 amide bonds. The number of methoxy groups -OCH3 is 1. The Morgan fingerprint density at radius 2 is 1.79 bits per heavy atom. The van der Waals surface area contributed by atoms with Gasteiger partial charge in [-0.3, -0.25) is 14.2 Å². The van der Waals surface area contributed by atoms with E-state index in [0.717, 1.165) is 26.3 Å². The van der Waals surface area contributed by atoms with Crippen molar-refractivity contribution in [2.24, 2.45) is 4.99 Å². The van der Waals surface area contributed by atoms with Crippen molar-refractivity contribution < 1.29 is 13.9 Å². The summed E-state index contributed by atoms with van der Waals surface area (Å²) in [6, 6.07) is 24.9. The highest BCUT2D eigenvalue weighted by molar-refractivity contribution is 7.99. The van der Waals surface area contributed by atoms with Gasteiger partial charge in [0, 0.05) is 29.6 Å². The molecular formula is C34H31N3O4S2. The number of ether oxygens (including phenoxy) is 1. The maximum absolute atomic E-state index is 14.3. The average molecular weight is 610 g/mol. The lowest BCUT2D eigenvalue weighted by Crippen LogP contribution is -2.43. The van der Waals surface area contributed by atoms with Gasteiger partial charge in [0.25, 0.3) is 11.5 Å². The van der Waals surface area contributed by atoms with Gasteiger partial charge in [0.1, 0.15) is 17.6 Å². The number of carbonyl (C=O) groups excluding carboxylic acids is 1. The van der Waals surface area contributed by atoms with Gasteiger partial charge in [0.15, 0.2) is 9.89 Å². The first-order valence-corrected chi connectivity index (χ1v) is 15.8. The Labute approximate surface area is 257 Å². The second-order valence-corrected chi connectivity index (χ2v) is 12.1. The molecule has 7 nitrogen and oxygen atoms in total. The molecule has 0 radical (unpaired) electrons. The van der Waals surface area contributed by atoms with Gasteiger partial charge < -0.3 is 14.1 Å². The van der Waals surface area contributed by atoms with Gasteiger partial charge in [-0.05, 0) is 61.9 Å². The van der Waals surface area contributed by atoms with E-state index in [0.29, 0.717) is 45.2 Å². The smallest absolute Gasteiger partial charge is 0.271 e. The number of nitrogens with zero attached hydrogens (tertiary/aromatic N) is 3. The predicted octanol–water partition coefficient (Wildman–Crippen LogP) is 6.01. The molecule has 0 N–H and O–H groups in total. The number of rotatable bonds is 8. The summed E-state index contributed by atoms with van der Waals surface area (Å²) in [4.78, 5) is 36.5. The van der Waals surface area contributed by atoms with Crippen LogP contribution in [0.4, 0.5) is 0 Å². The molecular weight excluding hydrogens is 579 g/mol. The van der Waals surface area contributed by atoms with Crippen LogP contribution in [0.5, 0.6) is 5.75 Å². The third-order valence-corrected chi connectivity index (χ3v) is 9.48. The van der Waals surface area contributed by atoms with Crippen LogP contribution in [0, 0.1) is 0 Å². The summed E-state index contributed by atoms with van der Waals surface area (Å²) in [5.41, 5.74) is 1.58. The van der Waals surface area contributed by atoms with Crippen molar-refractivity contribution in [1.82, 2.24) is 9.47 Å². The van der Waals surface area contributed by atoms with Crippen LogP contribution in [0.1, 0.15) is 38.1 Å². The van der Waals surface area contributed by atoms with E-state index >= 15 is 0 Å². The first kappa shape index (κ1) is 28.8. The number of amides is 1. The van der Waals surface area contributed by atoms with Gasteiger partial charge in [-0.25, -0.2) is 4.99 Å². The minimum absolute atomic E-state index is 0.144. The summed E-state index contributed by atoms with van der Waals surface area (Å²) in [5.74, 6) is 1.03. The minimum Gasteiger partial charge on any atom is -0.496 e. The molecule has 6 rings (SSSR count). The van der Waals surface area contributed by atoms with E-state index in [4.69, 9.17) is 14.1 Å². The van der Waals surface area contributed by atoms with E-state index in [1.54, 1.807) is 22.7 Å². The van der Waals surface area contributed by atoms with E-state index in [1.807, 2.05) is 99.6 Å². The van der Waals surface area contributed by atoms with Gasteiger partial charge in [-0.15, -0.1) is 0 Å². The lowest BCUT2D eigenvalue weighted by Gasteiger charge is -2.30. The zero-order valence-corrected chi connectivity index (χ0v) is 26.0. The quantitative estimate of drug-likeness (QED) is 0.215. The largest absolute Gasteiger partial charge is 0.496 e. The van der Waals surface area contributed by atoms with Crippen LogP contribution in [0.2, 0.25) is 0 Å². The van der Waals surface area contributed by atoms with Crippen LogP contribution in [0.25, 0.3) is 16.8 Å². The maximum atomic E-state index is 14.3. The van der Waals surface area contributed by atoms with Gasteiger partial charge in [0.05, 0.1) is 22.9 Å². The molecule has 5 aromatic rings. The Morgan fingerprint density at radius 3 is 2.53 bits per heavy atom. The number of aromatic nitrogens is 1. The molecule has 0 unspecified atom stereocenters. The zero-order valence-electron chi connectivity index (χ0n) is 24.4. The summed E-state index contributed by atoms with van der Waals surface area (Å²) in [5, 5.41) is 2.63. The van der Waals surface area contributed by atoms with Gasteiger partial charge in [0.2, 0.25) is 0 Å². The first-order valence-electron chi connectivity index (χ1n) is 14.1. The normalized spacial score (nSPS) is 15.0. The van der Waals surface area contributed by atoms with Gasteiger partial charge >= 0.3 is 0 Å². The molecule has 43 heavy (non-hydrogen) atoms. The van der Waals surface area contributed by atoms with Crippen molar-refractivity contribution in [2.75, 3.05) is 20.2 Å². The van der Waals surface area contributed by atoms with E-state index in [-0.39, 0.29) is 11.5 Å². The Morgan fingerprint density at radius 1 is 1.05 bits per heavy atom. The SMILES string of the molecule is CCN(CC)C(=O)C1=C(C)N=c2s/c(=C/c3ccc(Sc4ccccc4)o3)c(=O)n2[C@@H]1c1c(OC)ccc2ccccc12. The third kappa shape index (κ3) is 5.34. The second-order valence-electron chi connectivity index (χ2n) is 10.0. The second kappa shape index (κ2) is 12.1. The highest BCUT2D eigenvalue weighted by Gasteiger charge is 2.36. The number of fused-ring (bicyclic) bond motifs is 2. The molecule has 3 heterocycles. The van der Waals surface area contributed by atoms with Crippen molar-refractivity contribution in [3.63, 3.8) is 0 Å². The number of furan rings is 1.